The second kappa shape index (κ2) is 7.43. The second-order valence-corrected chi connectivity index (χ2v) is 6.71. The van der Waals surface area contributed by atoms with E-state index in [1.54, 1.807) is 6.07 Å². The lowest BCUT2D eigenvalue weighted by Gasteiger charge is -2.32. The van der Waals surface area contributed by atoms with E-state index in [1.807, 2.05) is 13.0 Å². The van der Waals surface area contributed by atoms with Gasteiger partial charge in [-0.25, -0.2) is 9.78 Å². The van der Waals surface area contributed by atoms with Gasteiger partial charge in [0.05, 0.1) is 6.20 Å². The number of piperazine rings is 1. The van der Waals surface area contributed by atoms with Crippen LogP contribution in [0.4, 0.5) is 11.7 Å². The van der Waals surface area contributed by atoms with Gasteiger partial charge in [0, 0.05) is 43.4 Å². The molecule has 1 saturated heterocycles. The number of nitrogens with zero attached hydrogens (tertiary/aromatic N) is 3. The van der Waals surface area contributed by atoms with Gasteiger partial charge in [0.15, 0.2) is 0 Å². The Labute approximate surface area is 151 Å². The lowest BCUT2D eigenvalue weighted by Crippen LogP contribution is -2.43. The fraction of sp³-hybridized carbons (Fsp3) is 0.412. The number of aromatic carboxylic acids is 1. The van der Waals surface area contributed by atoms with Crippen molar-refractivity contribution in [3.05, 3.63) is 40.2 Å². The molecule has 1 aliphatic rings. The molecule has 0 saturated carbocycles. The molecule has 1 aromatic carbocycles. The molecule has 0 radical (unpaired) electrons. The molecule has 2 aromatic rings. The van der Waals surface area contributed by atoms with Gasteiger partial charge in [-0.2, -0.15) is 0 Å². The number of nitrogens with one attached hydrogen (secondary N) is 1. The Morgan fingerprint density at radius 1 is 1.36 bits per heavy atom. The molecule has 3 rings (SSSR count). The molecule has 1 aliphatic heterocycles. The molecule has 25 heavy (non-hydrogen) atoms. The predicted molar refractivity (Wildman–Crippen MR) is 95.7 cm³/mol. The SMILES string of the molecule is Cc1c(CN2CCN(C)CC2)cc(Cl)cc1Nc1ncc(C(=O)O)o1. The summed E-state index contributed by atoms with van der Waals surface area (Å²) in [6.07, 6.45) is 1.18. The van der Waals surface area contributed by atoms with E-state index in [4.69, 9.17) is 21.1 Å². The first-order valence-corrected chi connectivity index (χ1v) is 8.46. The van der Waals surface area contributed by atoms with Crippen LogP contribution in [0.1, 0.15) is 21.7 Å². The summed E-state index contributed by atoms with van der Waals surface area (Å²) >= 11 is 6.27. The number of likely N-dealkylation sites (N-methyl/N-ethyl adjacent to an activating group) is 1. The lowest BCUT2D eigenvalue weighted by molar-refractivity contribution is 0.0663. The molecule has 0 atom stereocenters. The minimum absolute atomic E-state index is 0.133. The van der Waals surface area contributed by atoms with Crippen LogP contribution in [-0.2, 0) is 6.54 Å². The molecule has 134 valence electrons. The average Bonchev–Trinajstić information content (AvgIpc) is 3.03. The van der Waals surface area contributed by atoms with Crippen molar-refractivity contribution in [3.8, 4) is 0 Å². The Balaban J connectivity index is 1.78. The molecule has 0 spiro atoms. The Hall–Kier alpha value is -2.09. The van der Waals surface area contributed by atoms with Crippen LogP contribution in [0.2, 0.25) is 5.02 Å². The van der Waals surface area contributed by atoms with E-state index in [1.165, 1.54) is 6.20 Å². The first-order chi connectivity index (χ1) is 11.9. The number of carboxylic acids is 1. The van der Waals surface area contributed by atoms with Gasteiger partial charge in [-0.15, -0.1) is 0 Å². The Bertz CT molecular complexity index is 769. The van der Waals surface area contributed by atoms with E-state index in [-0.39, 0.29) is 11.8 Å². The van der Waals surface area contributed by atoms with Gasteiger partial charge in [0.25, 0.3) is 6.01 Å². The lowest BCUT2D eigenvalue weighted by atomic mass is 10.1. The molecule has 1 aromatic heterocycles. The van der Waals surface area contributed by atoms with E-state index in [9.17, 15) is 4.79 Å². The van der Waals surface area contributed by atoms with Gasteiger partial charge in [-0.1, -0.05) is 11.6 Å². The van der Waals surface area contributed by atoms with Crippen LogP contribution in [0.5, 0.6) is 0 Å². The molecule has 2 N–H and O–H groups in total. The standard InChI is InChI=1S/C17H21ClN4O3/c1-11-12(10-22-5-3-21(2)4-6-22)7-13(18)8-14(11)20-17-19-9-15(25-17)16(23)24/h7-9H,3-6,10H2,1-2H3,(H,19,20)(H,23,24). The molecule has 0 unspecified atom stereocenters. The molecule has 0 amide bonds. The van der Waals surface area contributed by atoms with Crippen LogP contribution in [-0.4, -0.2) is 59.1 Å². The van der Waals surface area contributed by atoms with Gasteiger partial charge in [-0.3, -0.25) is 4.90 Å². The van der Waals surface area contributed by atoms with Gasteiger partial charge < -0.3 is 19.7 Å². The summed E-state index contributed by atoms with van der Waals surface area (Å²) in [4.78, 5) is 19.5. The highest BCUT2D eigenvalue weighted by molar-refractivity contribution is 6.31. The second-order valence-electron chi connectivity index (χ2n) is 6.28. The molecule has 1 fully saturated rings. The van der Waals surface area contributed by atoms with Crippen LogP contribution in [0.15, 0.2) is 22.7 Å². The smallest absolute Gasteiger partial charge is 0.373 e. The summed E-state index contributed by atoms with van der Waals surface area (Å²) in [6.45, 7) is 6.98. The van der Waals surface area contributed by atoms with Crippen LogP contribution < -0.4 is 5.32 Å². The monoisotopic (exact) mass is 364 g/mol. The maximum Gasteiger partial charge on any atom is 0.373 e. The maximum atomic E-state index is 10.9. The minimum Gasteiger partial charge on any atom is -0.475 e. The highest BCUT2D eigenvalue weighted by atomic mass is 35.5. The third-order valence-corrected chi connectivity index (χ3v) is 4.65. The summed E-state index contributed by atoms with van der Waals surface area (Å²) in [7, 11) is 2.13. The molecule has 8 heteroatoms. The zero-order chi connectivity index (χ0) is 18.0. The number of anilines is 2. The third kappa shape index (κ3) is 4.31. The molecule has 2 heterocycles. The Kier molecular flexibility index (Phi) is 5.27. The van der Waals surface area contributed by atoms with Crippen LogP contribution in [0.3, 0.4) is 0 Å². The number of benzene rings is 1. The van der Waals surface area contributed by atoms with Gasteiger partial charge in [0.2, 0.25) is 5.76 Å². The van der Waals surface area contributed by atoms with Crippen molar-refractivity contribution in [2.24, 2.45) is 0 Å². The average molecular weight is 365 g/mol. The van der Waals surface area contributed by atoms with Crippen molar-refractivity contribution in [2.75, 3.05) is 38.5 Å². The fourth-order valence-electron chi connectivity index (χ4n) is 2.82. The number of carboxylic acid groups (broad SMARTS) is 1. The number of aromatic nitrogens is 1. The maximum absolute atomic E-state index is 10.9. The third-order valence-electron chi connectivity index (χ3n) is 4.43. The molecule has 0 aliphatic carbocycles. The number of oxazole rings is 1. The zero-order valence-corrected chi connectivity index (χ0v) is 15.0. The summed E-state index contributed by atoms with van der Waals surface area (Å²) in [5.74, 6) is -1.36. The van der Waals surface area contributed by atoms with E-state index >= 15 is 0 Å². The Morgan fingerprint density at radius 2 is 2.08 bits per heavy atom. The first-order valence-electron chi connectivity index (χ1n) is 8.08. The number of hydrogen-bond acceptors (Lipinski definition) is 6. The van der Waals surface area contributed by atoms with E-state index in [0.717, 1.165) is 49.5 Å². The summed E-state index contributed by atoms with van der Waals surface area (Å²) in [5, 5.41) is 12.6. The predicted octanol–water partition coefficient (Wildman–Crippen LogP) is 2.83. The van der Waals surface area contributed by atoms with Crippen molar-refractivity contribution in [3.63, 3.8) is 0 Å². The molecule has 0 bridgehead atoms. The Morgan fingerprint density at radius 3 is 2.72 bits per heavy atom. The number of rotatable bonds is 5. The summed E-state index contributed by atoms with van der Waals surface area (Å²) in [5.41, 5.74) is 2.93. The summed E-state index contributed by atoms with van der Waals surface area (Å²) in [6, 6.07) is 3.89. The van der Waals surface area contributed by atoms with Gasteiger partial charge in [0.1, 0.15) is 0 Å². The van der Waals surface area contributed by atoms with Crippen LogP contribution in [0.25, 0.3) is 0 Å². The van der Waals surface area contributed by atoms with Crippen molar-refractivity contribution in [1.29, 1.82) is 0 Å². The van der Waals surface area contributed by atoms with Crippen molar-refractivity contribution in [1.82, 2.24) is 14.8 Å². The fourth-order valence-corrected chi connectivity index (χ4v) is 3.06. The van der Waals surface area contributed by atoms with Crippen LogP contribution >= 0.6 is 11.6 Å². The topological polar surface area (TPSA) is 81.8 Å². The largest absolute Gasteiger partial charge is 0.475 e. The van der Waals surface area contributed by atoms with E-state index in [0.29, 0.717) is 5.02 Å². The quantitative estimate of drug-likeness (QED) is 0.844. The van der Waals surface area contributed by atoms with Gasteiger partial charge in [-0.05, 0) is 37.2 Å². The van der Waals surface area contributed by atoms with Crippen molar-refractivity contribution < 1.29 is 14.3 Å². The minimum atomic E-state index is -1.15. The summed E-state index contributed by atoms with van der Waals surface area (Å²) < 4.78 is 5.16. The number of carbonyl (C=O) groups is 1. The first kappa shape index (κ1) is 17.7. The normalized spacial score (nSPS) is 16.1. The zero-order valence-electron chi connectivity index (χ0n) is 14.3. The number of halogens is 1. The van der Waals surface area contributed by atoms with Crippen LogP contribution in [0, 0.1) is 6.92 Å². The van der Waals surface area contributed by atoms with Crippen molar-refractivity contribution in [2.45, 2.75) is 13.5 Å². The van der Waals surface area contributed by atoms with Crippen molar-refractivity contribution >= 4 is 29.3 Å². The molecular formula is C17H21ClN4O3. The highest BCUT2D eigenvalue weighted by Gasteiger charge is 2.17. The molecule has 7 nitrogen and oxygen atoms in total. The van der Waals surface area contributed by atoms with Gasteiger partial charge >= 0.3 is 5.97 Å². The van der Waals surface area contributed by atoms with E-state index < -0.39 is 5.97 Å². The van der Waals surface area contributed by atoms with E-state index in [2.05, 4.69) is 27.1 Å². The highest BCUT2D eigenvalue weighted by Crippen LogP contribution is 2.28. The number of hydrogen-bond donors (Lipinski definition) is 2. The molecular weight excluding hydrogens is 344 g/mol.